The van der Waals surface area contributed by atoms with Gasteiger partial charge in [0, 0.05) is 68.2 Å². The molecule has 0 radical (unpaired) electrons. The first-order valence-corrected chi connectivity index (χ1v) is 18.4. The topological polar surface area (TPSA) is 185 Å². The lowest BCUT2D eigenvalue weighted by Crippen LogP contribution is -2.47. The molecule has 5 heterocycles. The van der Waals surface area contributed by atoms with Gasteiger partial charge in [-0.25, -0.2) is 9.97 Å². The summed E-state index contributed by atoms with van der Waals surface area (Å²) in [6.45, 7) is 6.70. The van der Waals surface area contributed by atoms with Gasteiger partial charge in [0.25, 0.3) is 5.91 Å². The summed E-state index contributed by atoms with van der Waals surface area (Å²) in [7, 11) is 0. The number of piperidine rings is 1. The van der Waals surface area contributed by atoms with Crippen LogP contribution in [0.5, 0.6) is 0 Å². The molecular formula is C39H43N11O3. The molecule has 0 spiro atoms. The number of imide groups is 1. The van der Waals surface area contributed by atoms with E-state index in [4.69, 9.17) is 0 Å². The van der Waals surface area contributed by atoms with E-state index in [-0.39, 0.29) is 29.7 Å². The second kappa shape index (κ2) is 15.8. The van der Waals surface area contributed by atoms with Crippen molar-refractivity contribution in [2.24, 2.45) is 5.92 Å². The lowest BCUT2D eigenvalue weighted by molar-refractivity contribution is -0.134. The molecule has 3 amide bonds. The maximum Gasteiger partial charge on any atom is 0.255 e. The number of aromatic nitrogens is 4. The third kappa shape index (κ3) is 8.13. The predicted octanol–water partition coefficient (Wildman–Crippen LogP) is 4.03. The Balaban J connectivity index is 0.879. The molecule has 1 saturated carbocycles. The van der Waals surface area contributed by atoms with Gasteiger partial charge in [0.05, 0.1) is 35.0 Å². The van der Waals surface area contributed by atoms with Crippen LogP contribution >= 0.6 is 0 Å². The molecule has 3 aromatic heterocycles. The van der Waals surface area contributed by atoms with E-state index in [1.54, 1.807) is 29.9 Å². The van der Waals surface area contributed by atoms with E-state index in [1.807, 2.05) is 12.1 Å². The standard InChI is InChI=1S/C39H43N11O3/c1-25(20-40)45-34-19-35(50-37-29(23-44-50)18-27(21-41)22-43-37)42-24-33(34)39(53)46-30-6-2-26(3-7-30)12-13-48-14-16-49(17-15-48)31-8-4-28(5-9-31)32-10-11-36(51)47-38(32)52/h4-5,8-9,18-19,22-26,30,32H,2-3,6-7,10-17H2,1H3,(H,42,45)(H,46,53)(H,47,51,52)/t25-,26?,30?,32?/m1/s1. The van der Waals surface area contributed by atoms with Crippen LogP contribution < -0.4 is 20.9 Å². The number of amides is 3. The molecule has 4 aromatic rings. The molecule has 0 bridgehead atoms. The number of pyridine rings is 2. The third-order valence-corrected chi connectivity index (χ3v) is 10.8. The molecule has 1 aromatic carbocycles. The molecule has 53 heavy (non-hydrogen) atoms. The van der Waals surface area contributed by atoms with Crippen molar-refractivity contribution in [1.82, 2.24) is 35.3 Å². The fourth-order valence-electron chi connectivity index (χ4n) is 7.66. The van der Waals surface area contributed by atoms with Crippen LogP contribution in [0.2, 0.25) is 0 Å². The van der Waals surface area contributed by atoms with E-state index < -0.39 is 6.04 Å². The third-order valence-electron chi connectivity index (χ3n) is 10.8. The van der Waals surface area contributed by atoms with E-state index >= 15 is 0 Å². The van der Waals surface area contributed by atoms with Gasteiger partial charge in [0.15, 0.2) is 11.5 Å². The number of nitrogens with zero attached hydrogens (tertiary/aromatic N) is 8. The summed E-state index contributed by atoms with van der Waals surface area (Å²) in [6.07, 6.45) is 10.6. The second-order valence-corrected chi connectivity index (χ2v) is 14.3. The van der Waals surface area contributed by atoms with Crippen LogP contribution in [0, 0.1) is 28.6 Å². The molecule has 14 heteroatoms. The van der Waals surface area contributed by atoms with Crippen molar-refractivity contribution < 1.29 is 14.4 Å². The number of nitrogens with one attached hydrogen (secondary N) is 3. The van der Waals surface area contributed by atoms with Gasteiger partial charge in [-0.15, -0.1) is 0 Å². The summed E-state index contributed by atoms with van der Waals surface area (Å²) in [5, 5.41) is 32.6. The molecule has 3 N–H and O–H groups in total. The summed E-state index contributed by atoms with van der Waals surface area (Å²) in [6, 6.07) is 15.4. The number of anilines is 2. The van der Waals surface area contributed by atoms with Gasteiger partial charge in [0.2, 0.25) is 11.8 Å². The normalized spacial score (nSPS) is 21.3. The molecule has 7 rings (SSSR count). The number of piperazine rings is 1. The van der Waals surface area contributed by atoms with E-state index in [0.717, 1.165) is 76.1 Å². The highest BCUT2D eigenvalue weighted by atomic mass is 16.2. The van der Waals surface area contributed by atoms with E-state index in [9.17, 15) is 24.9 Å². The molecular weight excluding hydrogens is 671 g/mol. The minimum absolute atomic E-state index is 0.0678. The van der Waals surface area contributed by atoms with Gasteiger partial charge in [-0.3, -0.25) is 24.6 Å². The van der Waals surface area contributed by atoms with Crippen molar-refractivity contribution in [2.45, 2.75) is 69.9 Å². The minimum atomic E-state index is -0.542. The first-order chi connectivity index (χ1) is 25.8. The van der Waals surface area contributed by atoms with Crippen LogP contribution in [0.4, 0.5) is 11.4 Å². The SMILES string of the molecule is C[C@H](C#N)Nc1cc(-n2ncc3cc(C#N)cnc32)ncc1C(=O)NC1CCC(CCN2CCN(c3ccc(C4CCC(=O)NC4=O)cc3)CC2)CC1. The average Bonchev–Trinajstić information content (AvgIpc) is 3.61. The molecule has 272 valence electrons. The zero-order valence-electron chi connectivity index (χ0n) is 29.8. The Labute approximate surface area is 308 Å². The highest BCUT2D eigenvalue weighted by Crippen LogP contribution is 2.30. The Morgan fingerprint density at radius 1 is 0.981 bits per heavy atom. The van der Waals surface area contributed by atoms with Crippen molar-refractivity contribution in [3.63, 3.8) is 0 Å². The molecule has 3 fully saturated rings. The van der Waals surface area contributed by atoms with Crippen molar-refractivity contribution in [3.8, 4) is 18.0 Å². The molecule has 2 saturated heterocycles. The van der Waals surface area contributed by atoms with Gasteiger partial charge in [-0.05, 0) is 81.7 Å². The monoisotopic (exact) mass is 713 g/mol. The summed E-state index contributed by atoms with van der Waals surface area (Å²) >= 11 is 0. The van der Waals surface area contributed by atoms with Crippen molar-refractivity contribution >= 4 is 40.1 Å². The molecule has 2 aliphatic heterocycles. The first kappa shape index (κ1) is 35.5. The molecule has 3 aliphatic rings. The Bertz CT molecular complexity index is 2070. The smallest absolute Gasteiger partial charge is 0.255 e. The van der Waals surface area contributed by atoms with E-state index in [2.05, 4.69) is 65.1 Å². The number of benzene rings is 1. The Morgan fingerprint density at radius 2 is 1.75 bits per heavy atom. The summed E-state index contributed by atoms with van der Waals surface area (Å²) in [4.78, 5) is 51.2. The van der Waals surface area contributed by atoms with Crippen molar-refractivity contribution in [2.75, 3.05) is 42.9 Å². The van der Waals surface area contributed by atoms with Gasteiger partial charge in [-0.2, -0.15) is 20.3 Å². The maximum absolute atomic E-state index is 13.6. The Hall–Kier alpha value is -5.86. The van der Waals surface area contributed by atoms with Gasteiger partial charge >= 0.3 is 0 Å². The van der Waals surface area contributed by atoms with E-state index in [0.29, 0.717) is 52.4 Å². The average molecular weight is 714 g/mol. The summed E-state index contributed by atoms with van der Waals surface area (Å²) < 4.78 is 1.55. The predicted molar refractivity (Wildman–Crippen MR) is 198 cm³/mol. The van der Waals surface area contributed by atoms with Crippen LogP contribution in [-0.2, 0) is 9.59 Å². The number of hydrogen-bond acceptors (Lipinski definition) is 11. The first-order valence-electron chi connectivity index (χ1n) is 18.4. The zero-order valence-corrected chi connectivity index (χ0v) is 29.8. The number of rotatable bonds is 10. The summed E-state index contributed by atoms with van der Waals surface area (Å²) in [5.41, 5.74) is 3.93. The number of hydrogen-bond donors (Lipinski definition) is 3. The highest BCUT2D eigenvalue weighted by molar-refractivity contribution is 6.01. The number of carbonyl (C=O) groups is 3. The van der Waals surface area contributed by atoms with Gasteiger partial charge < -0.3 is 15.5 Å². The molecule has 2 atom stereocenters. The quantitative estimate of drug-likeness (QED) is 0.202. The zero-order chi connectivity index (χ0) is 36.9. The number of nitriles is 2. The van der Waals surface area contributed by atoms with E-state index in [1.165, 1.54) is 12.4 Å². The fourth-order valence-corrected chi connectivity index (χ4v) is 7.66. The molecule has 1 unspecified atom stereocenters. The van der Waals surface area contributed by atoms with Gasteiger partial charge in [0.1, 0.15) is 12.1 Å². The maximum atomic E-state index is 13.6. The number of fused-ring (bicyclic) bond motifs is 1. The summed E-state index contributed by atoms with van der Waals surface area (Å²) in [5.74, 6) is 0.173. The van der Waals surface area contributed by atoms with Crippen LogP contribution in [0.3, 0.4) is 0 Å². The highest BCUT2D eigenvalue weighted by Gasteiger charge is 2.29. The fraction of sp³-hybridized carbons (Fsp3) is 0.436. The van der Waals surface area contributed by atoms with Crippen LogP contribution in [0.15, 0.2) is 55.0 Å². The van der Waals surface area contributed by atoms with Crippen molar-refractivity contribution in [1.29, 1.82) is 10.5 Å². The lowest BCUT2D eigenvalue weighted by Gasteiger charge is -2.37. The van der Waals surface area contributed by atoms with Crippen molar-refractivity contribution in [3.05, 3.63) is 71.7 Å². The second-order valence-electron chi connectivity index (χ2n) is 14.3. The minimum Gasteiger partial charge on any atom is -0.369 e. The van der Waals surface area contributed by atoms with Crippen LogP contribution in [-0.4, -0.2) is 87.2 Å². The number of carbonyl (C=O) groups excluding carboxylic acids is 3. The lowest BCUT2D eigenvalue weighted by atomic mass is 9.84. The largest absolute Gasteiger partial charge is 0.369 e. The molecule has 14 nitrogen and oxygen atoms in total. The van der Waals surface area contributed by atoms with Crippen LogP contribution in [0.1, 0.15) is 79.3 Å². The molecule has 1 aliphatic carbocycles. The van der Waals surface area contributed by atoms with Gasteiger partial charge in [-0.1, -0.05) is 12.1 Å². The Kier molecular flexibility index (Phi) is 10.6. The Morgan fingerprint density at radius 3 is 2.47 bits per heavy atom. The van der Waals surface area contributed by atoms with Crippen LogP contribution in [0.25, 0.3) is 16.9 Å².